The lowest BCUT2D eigenvalue weighted by atomic mass is 9.96. The first-order valence-corrected chi connectivity index (χ1v) is 15.6. The van der Waals surface area contributed by atoms with Gasteiger partial charge in [0.15, 0.2) is 0 Å². The molecule has 5 heteroatoms. The van der Waals surface area contributed by atoms with Crippen molar-refractivity contribution >= 4 is 43.6 Å². The highest BCUT2D eigenvalue weighted by Crippen LogP contribution is 2.44. The fourth-order valence-corrected chi connectivity index (χ4v) is 7.09. The average molecular weight is 609 g/mol. The van der Waals surface area contributed by atoms with Crippen molar-refractivity contribution < 1.29 is 4.39 Å². The molecule has 6 aromatic carbocycles. The van der Waals surface area contributed by atoms with E-state index in [0.717, 1.165) is 65.9 Å². The number of aromatic nitrogens is 2. The summed E-state index contributed by atoms with van der Waals surface area (Å²) in [6, 6.07) is 38.4. The zero-order valence-corrected chi connectivity index (χ0v) is 26.5. The van der Waals surface area contributed by atoms with Gasteiger partial charge < -0.3 is 9.13 Å². The maximum Gasteiger partial charge on any atom is 0.132 e. The van der Waals surface area contributed by atoms with Gasteiger partial charge in [-0.2, -0.15) is 10.5 Å². The lowest BCUT2D eigenvalue weighted by molar-refractivity contribution is 0.630. The molecule has 2 heterocycles. The summed E-state index contributed by atoms with van der Waals surface area (Å²) in [7, 11) is 0. The zero-order chi connectivity index (χ0) is 32.6. The monoisotopic (exact) mass is 608 g/mol. The highest BCUT2D eigenvalue weighted by Gasteiger charge is 2.25. The molecule has 0 atom stereocenters. The van der Waals surface area contributed by atoms with Crippen LogP contribution in [0.25, 0.3) is 66.1 Å². The van der Waals surface area contributed by atoms with E-state index in [9.17, 15) is 10.5 Å². The highest BCUT2D eigenvalue weighted by molar-refractivity contribution is 6.12. The van der Waals surface area contributed by atoms with E-state index < -0.39 is 5.82 Å². The van der Waals surface area contributed by atoms with E-state index in [0.29, 0.717) is 28.1 Å². The Bertz CT molecular complexity index is 2440. The number of hydrogen-bond acceptors (Lipinski definition) is 2. The molecule has 224 valence electrons. The molecule has 8 rings (SSSR count). The maximum absolute atomic E-state index is 16.4. The number of halogens is 1. The minimum absolute atomic E-state index is 0.245. The molecule has 0 saturated heterocycles. The molecular weight excluding hydrogens is 579 g/mol. The van der Waals surface area contributed by atoms with Crippen LogP contribution in [-0.4, -0.2) is 9.13 Å². The van der Waals surface area contributed by atoms with Crippen LogP contribution < -0.4 is 0 Å². The van der Waals surface area contributed by atoms with Gasteiger partial charge in [0.05, 0.1) is 56.7 Å². The third kappa shape index (κ3) is 4.32. The summed E-state index contributed by atoms with van der Waals surface area (Å²) >= 11 is 0. The number of hydrogen-bond donors (Lipinski definition) is 0. The summed E-state index contributed by atoms with van der Waals surface area (Å²) in [6.07, 6.45) is 0. The van der Waals surface area contributed by atoms with E-state index >= 15 is 4.39 Å². The van der Waals surface area contributed by atoms with Crippen molar-refractivity contribution in [3.05, 3.63) is 142 Å². The first kappa shape index (κ1) is 28.3. The van der Waals surface area contributed by atoms with E-state index in [2.05, 4.69) is 122 Å². The first-order valence-electron chi connectivity index (χ1n) is 15.6. The van der Waals surface area contributed by atoms with Crippen molar-refractivity contribution in [1.29, 1.82) is 10.5 Å². The van der Waals surface area contributed by atoms with Crippen molar-refractivity contribution in [3.8, 4) is 34.6 Å². The van der Waals surface area contributed by atoms with Gasteiger partial charge in [-0.15, -0.1) is 0 Å². The standard InChI is InChI=1S/C42H29FN4/c1-24-5-10-30-31-11-6-25(2)16-37(31)46(36(30)15-24)40-20-29(23-45)21-41(42(40)34-14-9-28(22-44)19-35(34)43)47-38-17-26(3)7-12-32(38)33-13-8-27(4)18-39(33)47/h5-21H,1-4H3. The van der Waals surface area contributed by atoms with Gasteiger partial charge in [0.2, 0.25) is 0 Å². The number of rotatable bonds is 3. The van der Waals surface area contributed by atoms with Crippen molar-refractivity contribution in [2.45, 2.75) is 27.7 Å². The van der Waals surface area contributed by atoms with Crippen LogP contribution in [0.1, 0.15) is 33.4 Å². The third-order valence-corrected chi connectivity index (χ3v) is 9.23. The van der Waals surface area contributed by atoms with Crippen molar-refractivity contribution in [2.75, 3.05) is 0 Å². The fourth-order valence-electron chi connectivity index (χ4n) is 7.09. The smallest absolute Gasteiger partial charge is 0.132 e. The van der Waals surface area contributed by atoms with Crippen LogP contribution in [0, 0.1) is 56.2 Å². The van der Waals surface area contributed by atoms with Gasteiger partial charge in [0.1, 0.15) is 5.82 Å². The molecule has 0 N–H and O–H groups in total. The second-order valence-electron chi connectivity index (χ2n) is 12.6. The molecule has 0 aliphatic rings. The molecule has 8 aromatic rings. The largest absolute Gasteiger partial charge is 0.308 e. The Morgan fingerprint density at radius 1 is 0.468 bits per heavy atom. The lowest BCUT2D eigenvalue weighted by Gasteiger charge is -2.21. The Kier molecular flexibility index (Phi) is 6.29. The van der Waals surface area contributed by atoms with E-state index in [-0.39, 0.29) is 5.56 Å². The Morgan fingerprint density at radius 3 is 1.19 bits per heavy atom. The SMILES string of the molecule is Cc1ccc2c3ccc(C)cc3n(-c3cc(C#N)cc(-n4c5cc(C)ccc5c5ccc(C)cc54)c3-c3ccc(C#N)cc3F)c2c1. The molecule has 0 bridgehead atoms. The summed E-state index contributed by atoms with van der Waals surface area (Å²) in [5.41, 5.74) is 11.3. The number of benzene rings is 6. The van der Waals surface area contributed by atoms with E-state index in [1.54, 1.807) is 12.1 Å². The van der Waals surface area contributed by atoms with Gasteiger partial charge >= 0.3 is 0 Å². The summed E-state index contributed by atoms with van der Waals surface area (Å²) < 4.78 is 20.8. The normalized spacial score (nSPS) is 11.5. The van der Waals surface area contributed by atoms with Crippen LogP contribution in [0.15, 0.2) is 103 Å². The quantitative estimate of drug-likeness (QED) is 0.200. The predicted molar refractivity (Wildman–Crippen MR) is 189 cm³/mol. The molecule has 0 fully saturated rings. The van der Waals surface area contributed by atoms with Crippen LogP contribution in [0.2, 0.25) is 0 Å². The number of fused-ring (bicyclic) bond motifs is 6. The molecule has 0 saturated carbocycles. The lowest BCUT2D eigenvalue weighted by Crippen LogP contribution is -2.06. The van der Waals surface area contributed by atoms with Gasteiger partial charge in [-0.3, -0.25) is 0 Å². The van der Waals surface area contributed by atoms with Crippen LogP contribution in [0.3, 0.4) is 0 Å². The molecule has 0 unspecified atom stereocenters. The zero-order valence-electron chi connectivity index (χ0n) is 26.5. The Labute approximate surface area is 271 Å². The van der Waals surface area contributed by atoms with E-state index in [1.807, 2.05) is 12.1 Å². The minimum Gasteiger partial charge on any atom is -0.308 e. The van der Waals surface area contributed by atoms with Gasteiger partial charge in [0.25, 0.3) is 0 Å². The second-order valence-corrected chi connectivity index (χ2v) is 12.6. The molecular formula is C42H29FN4. The molecule has 0 aliphatic carbocycles. The predicted octanol–water partition coefficient (Wildman–Crippen LogP) is 10.7. The van der Waals surface area contributed by atoms with Gasteiger partial charge in [-0.25, -0.2) is 4.39 Å². The highest BCUT2D eigenvalue weighted by atomic mass is 19.1. The summed E-state index contributed by atoms with van der Waals surface area (Å²) in [6.45, 7) is 8.25. The number of nitriles is 2. The minimum atomic E-state index is -0.502. The average Bonchev–Trinajstić information content (AvgIpc) is 3.54. The van der Waals surface area contributed by atoms with Crippen molar-refractivity contribution in [1.82, 2.24) is 9.13 Å². The topological polar surface area (TPSA) is 57.4 Å². The molecule has 47 heavy (non-hydrogen) atoms. The number of nitrogens with zero attached hydrogens (tertiary/aromatic N) is 4. The van der Waals surface area contributed by atoms with Gasteiger partial charge in [-0.1, -0.05) is 48.5 Å². The molecule has 0 amide bonds. The van der Waals surface area contributed by atoms with Gasteiger partial charge in [0, 0.05) is 32.7 Å². The second kappa shape index (κ2) is 10.4. The summed E-state index contributed by atoms with van der Waals surface area (Å²) in [5.74, 6) is -0.502. The molecule has 0 spiro atoms. The van der Waals surface area contributed by atoms with E-state index in [1.165, 1.54) is 6.07 Å². The fraction of sp³-hybridized carbons (Fsp3) is 0.0952. The third-order valence-electron chi connectivity index (χ3n) is 9.23. The number of aryl methyl sites for hydroxylation is 4. The van der Waals surface area contributed by atoms with Crippen LogP contribution in [0.4, 0.5) is 4.39 Å². The van der Waals surface area contributed by atoms with Crippen LogP contribution in [-0.2, 0) is 0 Å². The summed E-state index contributed by atoms with van der Waals surface area (Å²) in [5, 5.41) is 24.4. The van der Waals surface area contributed by atoms with Crippen LogP contribution in [0.5, 0.6) is 0 Å². The Hall–Kier alpha value is -6.17. The van der Waals surface area contributed by atoms with E-state index in [4.69, 9.17) is 0 Å². The maximum atomic E-state index is 16.4. The van der Waals surface area contributed by atoms with Gasteiger partial charge in [-0.05, 0) is 105 Å². The molecule has 2 aromatic heterocycles. The molecule has 0 radical (unpaired) electrons. The van der Waals surface area contributed by atoms with Crippen molar-refractivity contribution in [3.63, 3.8) is 0 Å². The Morgan fingerprint density at radius 2 is 0.851 bits per heavy atom. The first-order chi connectivity index (χ1) is 22.7. The van der Waals surface area contributed by atoms with Crippen LogP contribution >= 0.6 is 0 Å². The van der Waals surface area contributed by atoms with Crippen molar-refractivity contribution in [2.24, 2.45) is 0 Å². The summed E-state index contributed by atoms with van der Waals surface area (Å²) in [4.78, 5) is 0. The Balaban J connectivity index is 1.64. The molecule has 0 aliphatic heterocycles. The molecule has 4 nitrogen and oxygen atoms in total.